The van der Waals surface area contributed by atoms with Gasteiger partial charge in [0.25, 0.3) is 0 Å². The van der Waals surface area contributed by atoms with Crippen molar-refractivity contribution in [2.45, 2.75) is 39.8 Å². The molecule has 0 aliphatic rings. The van der Waals surface area contributed by atoms with E-state index in [4.69, 9.17) is 14.8 Å². The highest BCUT2D eigenvalue weighted by molar-refractivity contribution is 5.88. The molecular weight excluding hydrogens is 314 g/mol. The molecule has 0 atom stereocenters. The minimum atomic E-state index is 0.164. The largest absolute Gasteiger partial charge is 0.683 e. The Morgan fingerprint density at radius 1 is 0.640 bits per heavy atom. The summed E-state index contributed by atoms with van der Waals surface area (Å²) in [6, 6.07) is 11.8. The maximum Gasteiger partial charge on any atom is 0.117 e. The van der Waals surface area contributed by atoms with Gasteiger partial charge in [0.1, 0.15) is 11.5 Å². The molecule has 0 spiro atoms. The predicted octanol–water partition coefficient (Wildman–Crippen LogP) is 6.87. The maximum atomic E-state index is 5.31. The van der Waals surface area contributed by atoms with Crippen molar-refractivity contribution in [3.8, 4) is 11.5 Å². The number of ether oxygens (including phenoxy) is 2. The van der Waals surface area contributed by atoms with Crippen LogP contribution in [0, 0.1) is 0 Å². The van der Waals surface area contributed by atoms with E-state index in [-0.39, 0.29) is 12.1 Å². The topological polar surface area (TPSA) is 60.8 Å². The van der Waals surface area contributed by atoms with E-state index in [1.54, 1.807) is 14.2 Å². The second kappa shape index (κ2) is 8.51. The molecule has 5 nitrogen and oxygen atoms in total. The lowest BCUT2D eigenvalue weighted by molar-refractivity contribution is 0.415. The molecule has 0 saturated heterocycles. The van der Waals surface area contributed by atoms with Crippen LogP contribution in [0.2, 0.25) is 0 Å². The number of benzene rings is 2. The van der Waals surface area contributed by atoms with Crippen molar-refractivity contribution in [3.63, 3.8) is 0 Å². The van der Waals surface area contributed by atoms with Gasteiger partial charge in [0.05, 0.1) is 14.2 Å². The predicted molar refractivity (Wildman–Crippen MR) is 105 cm³/mol. The fraction of sp³-hybridized carbons (Fsp3) is 0.400. The molecule has 0 aliphatic heterocycles. The molecule has 25 heavy (non-hydrogen) atoms. The van der Waals surface area contributed by atoms with E-state index in [0.717, 1.165) is 34.2 Å². The number of nitrogens with zero attached hydrogens (tertiary/aromatic N) is 3. The Morgan fingerprint density at radius 3 is 1.36 bits per heavy atom. The van der Waals surface area contributed by atoms with Crippen LogP contribution in [0.15, 0.2) is 36.4 Å². The molecule has 2 aromatic rings. The van der Waals surface area contributed by atoms with Gasteiger partial charge < -0.3 is 25.4 Å². The molecule has 5 heteroatoms. The van der Waals surface area contributed by atoms with Gasteiger partial charge in [-0.15, -0.1) is 12.1 Å². The van der Waals surface area contributed by atoms with E-state index in [2.05, 4.69) is 10.6 Å². The quantitative estimate of drug-likeness (QED) is 0.526. The number of methoxy groups -OCH3 is 2. The van der Waals surface area contributed by atoms with Crippen LogP contribution in [0.25, 0.3) is 16.0 Å². The second-order valence-corrected chi connectivity index (χ2v) is 6.27. The second-order valence-electron chi connectivity index (χ2n) is 6.27. The standard InChI is InChI=1S/C20H26N3O2/c1-13(2)21-19-11-15(24-5)7-9-17(19)23-18-10-8-16(25-6)12-20(18)22-14(3)4/h7-14H,1-6H3/q-3. The van der Waals surface area contributed by atoms with Crippen molar-refractivity contribution < 1.29 is 9.47 Å². The minimum Gasteiger partial charge on any atom is -0.683 e. The maximum absolute atomic E-state index is 5.31. The van der Waals surface area contributed by atoms with Gasteiger partial charge in [-0.1, -0.05) is 39.8 Å². The molecule has 2 rings (SSSR count). The summed E-state index contributed by atoms with van der Waals surface area (Å²) in [5.74, 6) is 1.53. The molecule has 0 aromatic heterocycles. The number of hydrogen-bond donors (Lipinski definition) is 0. The first kappa shape index (κ1) is 18.8. The molecule has 0 radical (unpaired) electrons. The third-order valence-corrected chi connectivity index (χ3v) is 3.40. The van der Waals surface area contributed by atoms with E-state index in [0.29, 0.717) is 0 Å². The molecule has 0 bridgehead atoms. The van der Waals surface area contributed by atoms with Crippen LogP contribution in [-0.4, -0.2) is 26.3 Å². The summed E-state index contributed by atoms with van der Waals surface area (Å²) in [4.78, 5) is 0. The third-order valence-electron chi connectivity index (χ3n) is 3.40. The normalized spacial score (nSPS) is 10.7. The summed E-state index contributed by atoms with van der Waals surface area (Å²) >= 11 is 0. The minimum absolute atomic E-state index is 0.164. The van der Waals surface area contributed by atoms with Crippen LogP contribution in [0.5, 0.6) is 11.5 Å². The van der Waals surface area contributed by atoms with Crippen LogP contribution in [-0.2, 0) is 0 Å². The van der Waals surface area contributed by atoms with Crippen LogP contribution >= 0.6 is 0 Å². The smallest absolute Gasteiger partial charge is 0.117 e. The molecule has 2 aromatic carbocycles. The van der Waals surface area contributed by atoms with Gasteiger partial charge in [-0.25, -0.2) is 0 Å². The van der Waals surface area contributed by atoms with Crippen LogP contribution in [0.3, 0.4) is 0 Å². The van der Waals surface area contributed by atoms with Crippen molar-refractivity contribution in [1.82, 2.24) is 0 Å². The van der Waals surface area contributed by atoms with Crippen molar-refractivity contribution in [3.05, 3.63) is 52.3 Å². The molecule has 0 amide bonds. The molecule has 0 unspecified atom stereocenters. The fourth-order valence-corrected chi connectivity index (χ4v) is 2.34. The Labute approximate surface area is 150 Å². The van der Waals surface area contributed by atoms with Crippen LogP contribution in [0.4, 0.5) is 22.7 Å². The first-order valence-electron chi connectivity index (χ1n) is 8.42. The molecule has 0 N–H and O–H groups in total. The zero-order valence-electron chi connectivity index (χ0n) is 15.8. The monoisotopic (exact) mass is 340 g/mol. The molecule has 0 saturated carbocycles. The lowest BCUT2D eigenvalue weighted by atomic mass is 10.2. The third kappa shape index (κ3) is 5.21. The summed E-state index contributed by atoms with van der Waals surface area (Å²) in [6.45, 7) is 8.15. The molecule has 136 valence electrons. The van der Waals surface area contributed by atoms with Gasteiger partial charge in [-0.2, -0.15) is 22.7 Å². The highest BCUT2D eigenvalue weighted by Crippen LogP contribution is 2.47. The van der Waals surface area contributed by atoms with Gasteiger partial charge >= 0.3 is 0 Å². The molecule has 0 heterocycles. The van der Waals surface area contributed by atoms with Crippen LogP contribution < -0.4 is 9.47 Å². The van der Waals surface area contributed by atoms with E-state index < -0.39 is 0 Å². The van der Waals surface area contributed by atoms with Crippen molar-refractivity contribution >= 4 is 22.7 Å². The Kier molecular flexibility index (Phi) is 6.39. The average molecular weight is 340 g/mol. The molecule has 0 aliphatic carbocycles. The Balaban J connectivity index is 2.38. The van der Waals surface area contributed by atoms with E-state index in [1.807, 2.05) is 64.1 Å². The van der Waals surface area contributed by atoms with Gasteiger partial charge in [-0.3, -0.25) is 0 Å². The number of rotatable bonds is 8. The van der Waals surface area contributed by atoms with Crippen molar-refractivity contribution in [1.29, 1.82) is 0 Å². The zero-order chi connectivity index (χ0) is 18.4. The van der Waals surface area contributed by atoms with Crippen LogP contribution in [0.1, 0.15) is 27.7 Å². The highest BCUT2D eigenvalue weighted by Gasteiger charge is 1.96. The summed E-state index contributed by atoms with van der Waals surface area (Å²) in [6.07, 6.45) is 0. The van der Waals surface area contributed by atoms with Gasteiger partial charge in [0.2, 0.25) is 0 Å². The molecular formula is C20H26N3O2-3. The summed E-state index contributed by atoms with van der Waals surface area (Å²) < 4.78 is 10.6. The first-order chi connectivity index (χ1) is 11.9. The SMILES string of the molecule is COc1ccc([N-]c2ccc(OC)cc2[N-]C(C)C)c([N-]C(C)C)c1. The van der Waals surface area contributed by atoms with E-state index in [9.17, 15) is 0 Å². The van der Waals surface area contributed by atoms with E-state index in [1.165, 1.54) is 0 Å². The lowest BCUT2D eigenvalue weighted by Gasteiger charge is -2.40. The summed E-state index contributed by atoms with van der Waals surface area (Å²) in [5.41, 5.74) is 3.20. The average Bonchev–Trinajstić information content (AvgIpc) is 2.56. The highest BCUT2D eigenvalue weighted by atomic mass is 16.5. The summed E-state index contributed by atoms with van der Waals surface area (Å²) in [5, 5.41) is 14.1. The summed E-state index contributed by atoms with van der Waals surface area (Å²) in [7, 11) is 3.29. The molecule has 0 fully saturated rings. The van der Waals surface area contributed by atoms with Gasteiger partial charge in [-0.05, 0) is 24.3 Å². The Hall–Kier alpha value is -2.56. The number of hydrogen-bond acceptors (Lipinski definition) is 2. The van der Waals surface area contributed by atoms with Crippen molar-refractivity contribution in [2.75, 3.05) is 14.2 Å². The lowest BCUT2D eigenvalue weighted by Crippen LogP contribution is -1.92. The first-order valence-corrected chi connectivity index (χ1v) is 8.42. The van der Waals surface area contributed by atoms with Gasteiger partial charge in [0.15, 0.2) is 0 Å². The van der Waals surface area contributed by atoms with E-state index >= 15 is 0 Å². The fourth-order valence-electron chi connectivity index (χ4n) is 2.34. The zero-order valence-corrected chi connectivity index (χ0v) is 15.8. The Morgan fingerprint density at radius 2 is 1.04 bits per heavy atom. The van der Waals surface area contributed by atoms with Crippen molar-refractivity contribution in [2.24, 2.45) is 0 Å². The van der Waals surface area contributed by atoms with Gasteiger partial charge in [0, 0.05) is 0 Å². The Bertz CT molecular complexity index is 640.